The minimum absolute atomic E-state index is 0.306. The summed E-state index contributed by atoms with van der Waals surface area (Å²) in [7, 11) is 0. The normalized spacial score (nSPS) is 14.6. The standard InChI is InChI=1S/C17H17Br2NO/c18-15-3-1-11(2-4-15)14(10-20)7-13-9-16(19)8-12-5-6-21-17(12)13/h1-4,8-9,14H,5-7,10,20H2. The first kappa shape index (κ1) is 15.1. The molecular formula is C17H17Br2NO. The van der Waals surface area contributed by atoms with Gasteiger partial charge >= 0.3 is 0 Å². The van der Waals surface area contributed by atoms with E-state index in [4.69, 9.17) is 10.5 Å². The molecule has 0 spiro atoms. The van der Waals surface area contributed by atoms with E-state index >= 15 is 0 Å². The second-order valence-electron chi connectivity index (χ2n) is 5.34. The third-order valence-corrected chi connectivity index (χ3v) is 4.90. The van der Waals surface area contributed by atoms with Gasteiger partial charge in [0.25, 0.3) is 0 Å². The highest BCUT2D eigenvalue weighted by Crippen LogP contribution is 2.35. The Morgan fingerprint density at radius 1 is 1.10 bits per heavy atom. The van der Waals surface area contributed by atoms with Crippen LogP contribution in [0.15, 0.2) is 45.3 Å². The number of fused-ring (bicyclic) bond motifs is 1. The number of halogens is 2. The molecule has 0 aromatic heterocycles. The Hall–Kier alpha value is -0.840. The molecule has 0 radical (unpaired) electrons. The molecule has 0 saturated carbocycles. The zero-order chi connectivity index (χ0) is 14.8. The average molecular weight is 411 g/mol. The zero-order valence-electron chi connectivity index (χ0n) is 11.6. The first-order valence-corrected chi connectivity index (χ1v) is 8.65. The van der Waals surface area contributed by atoms with Crippen LogP contribution in [0, 0.1) is 0 Å². The van der Waals surface area contributed by atoms with Crippen LogP contribution in [0.5, 0.6) is 5.75 Å². The van der Waals surface area contributed by atoms with E-state index in [0.29, 0.717) is 12.5 Å². The lowest BCUT2D eigenvalue weighted by Crippen LogP contribution is -2.15. The van der Waals surface area contributed by atoms with E-state index in [1.165, 1.54) is 16.7 Å². The average Bonchev–Trinajstić information content (AvgIpc) is 2.94. The molecule has 1 heterocycles. The van der Waals surface area contributed by atoms with Gasteiger partial charge in [0.05, 0.1) is 6.61 Å². The van der Waals surface area contributed by atoms with E-state index in [1.807, 2.05) is 0 Å². The van der Waals surface area contributed by atoms with Crippen LogP contribution in [0.4, 0.5) is 0 Å². The molecule has 0 aliphatic carbocycles. The Morgan fingerprint density at radius 3 is 2.57 bits per heavy atom. The van der Waals surface area contributed by atoms with Crippen molar-refractivity contribution in [3.63, 3.8) is 0 Å². The second-order valence-corrected chi connectivity index (χ2v) is 7.17. The van der Waals surface area contributed by atoms with Gasteiger partial charge in [-0.3, -0.25) is 0 Å². The van der Waals surface area contributed by atoms with Gasteiger partial charge in [0, 0.05) is 21.3 Å². The summed E-state index contributed by atoms with van der Waals surface area (Å²) >= 11 is 7.08. The van der Waals surface area contributed by atoms with Crippen LogP contribution >= 0.6 is 31.9 Å². The largest absolute Gasteiger partial charge is 0.493 e. The Morgan fingerprint density at radius 2 is 1.86 bits per heavy atom. The summed E-state index contributed by atoms with van der Waals surface area (Å²) in [6, 6.07) is 12.7. The highest BCUT2D eigenvalue weighted by atomic mass is 79.9. The molecule has 2 N–H and O–H groups in total. The van der Waals surface area contributed by atoms with Gasteiger partial charge in [-0.2, -0.15) is 0 Å². The predicted molar refractivity (Wildman–Crippen MR) is 93.0 cm³/mol. The molecular weight excluding hydrogens is 394 g/mol. The smallest absolute Gasteiger partial charge is 0.125 e. The lowest BCUT2D eigenvalue weighted by Gasteiger charge is -2.17. The van der Waals surface area contributed by atoms with Crippen LogP contribution in [-0.2, 0) is 12.8 Å². The van der Waals surface area contributed by atoms with Crippen LogP contribution in [0.3, 0.4) is 0 Å². The third-order valence-electron chi connectivity index (χ3n) is 3.92. The van der Waals surface area contributed by atoms with Crippen LogP contribution in [-0.4, -0.2) is 13.2 Å². The Balaban J connectivity index is 1.89. The third kappa shape index (κ3) is 3.33. The van der Waals surface area contributed by atoms with Crippen LogP contribution < -0.4 is 10.5 Å². The van der Waals surface area contributed by atoms with E-state index in [2.05, 4.69) is 68.3 Å². The Bertz CT molecular complexity index is 640. The number of hydrogen-bond donors (Lipinski definition) is 1. The zero-order valence-corrected chi connectivity index (χ0v) is 14.8. The van der Waals surface area contributed by atoms with Gasteiger partial charge in [0.1, 0.15) is 5.75 Å². The molecule has 110 valence electrons. The van der Waals surface area contributed by atoms with Crippen molar-refractivity contribution in [2.75, 3.05) is 13.2 Å². The summed E-state index contributed by atoms with van der Waals surface area (Å²) in [5.74, 6) is 1.37. The minimum Gasteiger partial charge on any atom is -0.493 e. The summed E-state index contributed by atoms with van der Waals surface area (Å²) in [5.41, 5.74) is 9.82. The number of nitrogens with two attached hydrogens (primary N) is 1. The van der Waals surface area contributed by atoms with Crippen LogP contribution in [0.25, 0.3) is 0 Å². The highest BCUT2D eigenvalue weighted by molar-refractivity contribution is 9.10. The van der Waals surface area contributed by atoms with Gasteiger partial charge in [-0.1, -0.05) is 44.0 Å². The molecule has 0 saturated heterocycles. The van der Waals surface area contributed by atoms with Gasteiger partial charge in [0.2, 0.25) is 0 Å². The minimum atomic E-state index is 0.306. The van der Waals surface area contributed by atoms with Crippen molar-refractivity contribution in [1.82, 2.24) is 0 Å². The molecule has 0 fully saturated rings. The van der Waals surface area contributed by atoms with Crippen molar-refractivity contribution in [3.05, 3.63) is 62.0 Å². The lowest BCUT2D eigenvalue weighted by atomic mass is 9.91. The number of benzene rings is 2. The van der Waals surface area contributed by atoms with E-state index < -0.39 is 0 Å². The molecule has 1 aliphatic heterocycles. The fourth-order valence-electron chi connectivity index (χ4n) is 2.84. The number of rotatable bonds is 4. The summed E-state index contributed by atoms with van der Waals surface area (Å²) < 4.78 is 8.03. The van der Waals surface area contributed by atoms with Gasteiger partial charge < -0.3 is 10.5 Å². The molecule has 0 amide bonds. The van der Waals surface area contributed by atoms with E-state index in [1.54, 1.807) is 0 Å². The Labute approximate surface area is 141 Å². The number of ether oxygens (including phenoxy) is 1. The molecule has 2 nitrogen and oxygen atoms in total. The lowest BCUT2D eigenvalue weighted by molar-refractivity contribution is 0.352. The van der Waals surface area contributed by atoms with Crippen molar-refractivity contribution >= 4 is 31.9 Å². The van der Waals surface area contributed by atoms with Gasteiger partial charge in [-0.05, 0) is 53.9 Å². The van der Waals surface area contributed by atoms with Crippen LogP contribution in [0.2, 0.25) is 0 Å². The maximum Gasteiger partial charge on any atom is 0.125 e. The monoisotopic (exact) mass is 409 g/mol. The van der Waals surface area contributed by atoms with Crippen molar-refractivity contribution < 1.29 is 4.74 Å². The maximum absolute atomic E-state index is 6.01. The first-order valence-electron chi connectivity index (χ1n) is 7.07. The van der Waals surface area contributed by atoms with E-state index in [9.17, 15) is 0 Å². The topological polar surface area (TPSA) is 35.2 Å². The van der Waals surface area contributed by atoms with Crippen LogP contribution in [0.1, 0.15) is 22.6 Å². The van der Waals surface area contributed by atoms with Gasteiger partial charge in [0.15, 0.2) is 0 Å². The summed E-state index contributed by atoms with van der Waals surface area (Å²) in [6.45, 7) is 1.41. The van der Waals surface area contributed by atoms with Gasteiger partial charge in [-0.25, -0.2) is 0 Å². The van der Waals surface area contributed by atoms with Crippen molar-refractivity contribution in [2.45, 2.75) is 18.8 Å². The molecule has 2 aromatic rings. The summed E-state index contributed by atoms with van der Waals surface area (Å²) in [6.07, 6.45) is 1.90. The molecule has 1 unspecified atom stereocenters. The molecule has 0 bridgehead atoms. The molecule has 2 aromatic carbocycles. The number of hydrogen-bond acceptors (Lipinski definition) is 2. The summed E-state index contributed by atoms with van der Waals surface area (Å²) in [5, 5.41) is 0. The molecule has 1 aliphatic rings. The summed E-state index contributed by atoms with van der Waals surface area (Å²) in [4.78, 5) is 0. The first-order chi connectivity index (χ1) is 10.2. The van der Waals surface area contributed by atoms with Crippen molar-refractivity contribution in [3.8, 4) is 5.75 Å². The quantitative estimate of drug-likeness (QED) is 0.808. The fraction of sp³-hybridized carbons (Fsp3) is 0.294. The van der Waals surface area contributed by atoms with Crippen molar-refractivity contribution in [2.24, 2.45) is 5.73 Å². The van der Waals surface area contributed by atoms with E-state index in [-0.39, 0.29) is 0 Å². The second kappa shape index (κ2) is 6.51. The van der Waals surface area contributed by atoms with Gasteiger partial charge in [-0.15, -0.1) is 0 Å². The Kier molecular flexibility index (Phi) is 4.67. The molecule has 1 atom stereocenters. The van der Waals surface area contributed by atoms with E-state index in [0.717, 1.165) is 34.1 Å². The predicted octanol–water partition coefficient (Wildman–Crippen LogP) is 4.43. The molecule has 21 heavy (non-hydrogen) atoms. The molecule has 4 heteroatoms. The maximum atomic E-state index is 6.01. The SMILES string of the molecule is NCC(Cc1cc(Br)cc2c1OCC2)c1ccc(Br)cc1. The fourth-order valence-corrected chi connectivity index (χ4v) is 3.65. The highest BCUT2D eigenvalue weighted by Gasteiger charge is 2.20. The van der Waals surface area contributed by atoms with Crippen molar-refractivity contribution in [1.29, 1.82) is 0 Å². The molecule has 3 rings (SSSR count).